The highest BCUT2D eigenvalue weighted by atomic mass is 16.7. The first-order valence-corrected chi connectivity index (χ1v) is 10.3. The maximum atomic E-state index is 12.2. The fraction of sp³-hybridized carbons (Fsp3) is 0.727. The summed E-state index contributed by atoms with van der Waals surface area (Å²) in [6.45, 7) is 9.67. The Morgan fingerprint density at radius 3 is 2.04 bits per heavy atom. The molecule has 26 heavy (non-hydrogen) atoms. The molecule has 0 amide bonds. The van der Waals surface area contributed by atoms with Gasteiger partial charge in [-0.1, -0.05) is 72.0 Å². The molecule has 0 saturated heterocycles. The lowest BCUT2D eigenvalue weighted by Gasteiger charge is -2.32. The van der Waals surface area contributed by atoms with Crippen LogP contribution < -0.4 is 0 Å². The standard InChI is InChI=1S/C22H38O4/c1-5-9-11-12-13-14-15-16-17-21(24)26-22(18-7-3,19-10-6-2)25-20(23)8-4/h8,16-17H,4-7,9-15,18-19H2,1-3H3/b17-16+. The molecule has 0 spiro atoms. The third-order valence-corrected chi connectivity index (χ3v) is 4.26. The molecule has 0 aromatic rings. The zero-order valence-electron chi connectivity index (χ0n) is 17.1. The maximum absolute atomic E-state index is 12.2. The molecule has 0 radical (unpaired) electrons. The number of carbonyl (C=O) groups excluding carboxylic acids is 2. The summed E-state index contributed by atoms with van der Waals surface area (Å²) in [4.78, 5) is 23.9. The first-order valence-electron chi connectivity index (χ1n) is 10.3. The Balaban J connectivity index is 4.56. The van der Waals surface area contributed by atoms with Gasteiger partial charge in [0.1, 0.15) is 0 Å². The monoisotopic (exact) mass is 366 g/mol. The average Bonchev–Trinajstić information content (AvgIpc) is 2.62. The quantitative estimate of drug-likeness (QED) is 0.140. The number of ether oxygens (including phenoxy) is 2. The molecular weight excluding hydrogens is 328 g/mol. The number of esters is 2. The minimum atomic E-state index is -1.18. The van der Waals surface area contributed by atoms with Crippen molar-refractivity contribution >= 4 is 11.9 Å². The van der Waals surface area contributed by atoms with E-state index in [1.165, 1.54) is 38.2 Å². The number of carbonyl (C=O) groups is 2. The van der Waals surface area contributed by atoms with Gasteiger partial charge in [0.05, 0.1) is 0 Å². The third kappa shape index (κ3) is 11.9. The first-order chi connectivity index (χ1) is 12.5. The van der Waals surface area contributed by atoms with E-state index >= 15 is 0 Å². The molecule has 0 aliphatic carbocycles. The Hall–Kier alpha value is -1.58. The van der Waals surface area contributed by atoms with Gasteiger partial charge in [0.15, 0.2) is 0 Å². The maximum Gasteiger partial charge on any atom is 0.333 e. The van der Waals surface area contributed by atoms with E-state index in [1.54, 1.807) is 0 Å². The lowest BCUT2D eigenvalue weighted by Crippen LogP contribution is -2.39. The Kier molecular flexibility index (Phi) is 14.7. The van der Waals surface area contributed by atoms with Crippen molar-refractivity contribution in [2.75, 3.05) is 0 Å². The van der Waals surface area contributed by atoms with Gasteiger partial charge in [0, 0.05) is 25.0 Å². The van der Waals surface area contributed by atoms with Crippen molar-refractivity contribution < 1.29 is 19.1 Å². The third-order valence-electron chi connectivity index (χ3n) is 4.26. The molecule has 0 rings (SSSR count). The van der Waals surface area contributed by atoms with Gasteiger partial charge in [-0.2, -0.15) is 0 Å². The van der Waals surface area contributed by atoms with E-state index in [-0.39, 0.29) is 0 Å². The Morgan fingerprint density at radius 1 is 0.808 bits per heavy atom. The fourth-order valence-electron chi connectivity index (χ4n) is 2.84. The highest BCUT2D eigenvalue weighted by Gasteiger charge is 2.36. The average molecular weight is 367 g/mol. The highest BCUT2D eigenvalue weighted by molar-refractivity contribution is 5.83. The largest absolute Gasteiger partial charge is 0.419 e. The molecule has 4 nitrogen and oxygen atoms in total. The van der Waals surface area contributed by atoms with Gasteiger partial charge in [-0.05, 0) is 25.7 Å². The van der Waals surface area contributed by atoms with Gasteiger partial charge in [-0.15, -0.1) is 0 Å². The van der Waals surface area contributed by atoms with Crippen molar-refractivity contribution in [3.63, 3.8) is 0 Å². The minimum absolute atomic E-state index is 0.447. The normalized spacial score (nSPS) is 13.3. The van der Waals surface area contributed by atoms with E-state index in [9.17, 15) is 9.59 Å². The van der Waals surface area contributed by atoms with Gasteiger partial charge in [-0.25, -0.2) is 9.59 Å². The summed E-state index contributed by atoms with van der Waals surface area (Å²) in [5.74, 6) is -2.19. The summed E-state index contributed by atoms with van der Waals surface area (Å²) in [6, 6.07) is 0. The molecular formula is C22H38O4. The van der Waals surface area contributed by atoms with Crippen molar-refractivity contribution in [3.8, 4) is 0 Å². The molecule has 0 aliphatic heterocycles. The zero-order chi connectivity index (χ0) is 19.7. The molecule has 0 saturated carbocycles. The summed E-state index contributed by atoms with van der Waals surface area (Å²) in [5, 5.41) is 0. The molecule has 150 valence electrons. The van der Waals surface area contributed by atoms with Gasteiger partial charge in [0.25, 0.3) is 5.79 Å². The lowest BCUT2D eigenvalue weighted by atomic mass is 10.0. The van der Waals surface area contributed by atoms with Crippen LogP contribution in [-0.4, -0.2) is 17.7 Å². The number of rotatable bonds is 16. The van der Waals surface area contributed by atoms with Crippen LogP contribution in [0.1, 0.15) is 97.8 Å². The van der Waals surface area contributed by atoms with Gasteiger partial charge in [0.2, 0.25) is 0 Å². The second kappa shape index (κ2) is 15.7. The summed E-state index contributed by atoms with van der Waals surface area (Å²) in [6.07, 6.45) is 16.1. The second-order valence-electron chi connectivity index (χ2n) is 6.77. The van der Waals surface area contributed by atoms with Crippen LogP contribution in [-0.2, 0) is 19.1 Å². The summed E-state index contributed by atoms with van der Waals surface area (Å²) in [7, 11) is 0. The summed E-state index contributed by atoms with van der Waals surface area (Å²) in [5.41, 5.74) is 0. The van der Waals surface area contributed by atoms with Crippen LogP contribution in [0.15, 0.2) is 24.8 Å². The molecule has 0 aliphatic rings. The predicted octanol–water partition coefficient (Wildman–Crippen LogP) is 6.25. The van der Waals surface area contributed by atoms with E-state index < -0.39 is 17.7 Å². The number of hydrogen-bond donors (Lipinski definition) is 0. The Labute approximate surface area is 160 Å². The van der Waals surface area contributed by atoms with Gasteiger partial charge >= 0.3 is 11.9 Å². The van der Waals surface area contributed by atoms with Crippen LogP contribution in [0.3, 0.4) is 0 Å². The lowest BCUT2D eigenvalue weighted by molar-refractivity contribution is -0.228. The van der Waals surface area contributed by atoms with Gasteiger partial charge in [-0.3, -0.25) is 0 Å². The molecule has 0 bridgehead atoms. The second-order valence-corrected chi connectivity index (χ2v) is 6.77. The smallest absolute Gasteiger partial charge is 0.333 e. The van der Waals surface area contributed by atoms with Crippen molar-refractivity contribution in [1.82, 2.24) is 0 Å². The molecule has 1 atom stereocenters. The van der Waals surface area contributed by atoms with Crippen molar-refractivity contribution in [2.45, 2.75) is 104 Å². The van der Waals surface area contributed by atoms with Gasteiger partial charge < -0.3 is 9.47 Å². The van der Waals surface area contributed by atoms with E-state index in [2.05, 4.69) is 13.5 Å². The van der Waals surface area contributed by atoms with Crippen LogP contribution in [0, 0.1) is 0 Å². The van der Waals surface area contributed by atoms with Crippen molar-refractivity contribution in [2.24, 2.45) is 0 Å². The van der Waals surface area contributed by atoms with Crippen molar-refractivity contribution in [3.05, 3.63) is 24.8 Å². The van der Waals surface area contributed by atoms with Crippen LogP contribution in [0.5, 0.6) is 0 Å². The zero-order valence-corrected chi connectivity index (χ0v) is 17.1. The van der Waals surface area contributed by atoms with E-state index in [0.717, 1.165) is 38.2 Å². The summed E-state index contributed by atoms with van der Waals surface area (Å²) < 4.78 is 11.0. The number of unbranched alkanes of at least 4 members (excludes halogenated alkanes) is 7. The van der Waals surface area contributed by atoms with E-state index in [4.69, 9.17) is 9.47 Å². The van der Waals surface area contributed by atoms with Crippen LogP contribution in [0.25, 0.3) is 0 Å². The van der Waals surface area contributed by atoms with Crippen LogP contribution in [0.4, 0.5) is 0 Å². The fourth-order valence-corrected chi connectivity index (χ4v) is 2.84. The summed E-state index contributed by atoms with van der Waals surface area (Å²) >= 11 is 0. The number of allylic oxidation sites excluding steroid dienone is 1. The molecule has 4 heteroatoms. The molecule has 0 fully saturated rings. The SMILES string of the molecule is C=CC(=O)OC(CCC)(CCCC)OC(=O)/C=C/CCCCCCCC. The first kappa shape index (κ1) is 24.4. The molecule has 0 N–H and O–H groups in total. The predicted molar refractivity (Wildman–Crippen MR) is 107 cm³/mol. The molecule has 1 unspecified atom stereocenters. The van der Waals surface area contributed by atoms with E-state index in [0.29, 0.717) is 12.8 Å². The molecule has 0 aromatic carbocycles. The minimum Gasteiger partial charge on any atom is -0.419 e. The van der Waals surface area contributed by atoms with Crippen LogP contribution >= 0.6 is 0 Å². The molecule has 0 heterocycles. The topological polar surface area (TPSA) is 52.6 Å². The highest BCUT2D eigenvalue weighted by Crippen LogP contribution is 2.28. The Morgan fingerprint density at radius 2 is 1.42 bits per heavy atom. The van der Waals surface area contributed by atoms with Crippen molar-refractivity contribution in [1.29, 1.82) is 0 Å². The molecule has 0 aromatic heterocycles. The van der Waals surface area contributed by atoms with Crippen LogP contribution in [0.2, 0.25) is 0 Å². The Bertz CT molecular complexity index is 428. The number of hydrogen-bond acceptors (Lipinski definition) is 4. The van der Waals surface area contributed by atoms with E-state index in [1.807, 2.05) is 19.9 Å².